The van der Waals surface area contributed by atoms with Gasteiger partial charge in [0, 0.05) is 11.8 Å². The number of fused-ring (bicyclic) bond motifs is 5. The van der Waals surface area contributed by atoms with E-state index in [9.17, 15) is 24.3 Å². The molecular weight excluding hydrogens is 1000 g/mol. The number of carbonyl (C=O) groups excluding carboxylic acids is 1. The van der Waals surface area contributed by atoms with E-state index >= 15 is 8.96 Å². The van der Waals surface area contributed by atoms with E-state index < -0.39 is 134 Å². The fourth-order valence-corrected chi connectivity index (χ4v) is 12.7. The van der Waals surface area contributed by atoms with E-state index in [1.54, 1.807) is 30.3 Å². The molecule has 3 fully saturated rings. The maximum absolute atomic E-state index is 15.7. The van der Waals surface area contributed by atoms with Crippen LogP contribution in [0.3, 0.4) is 0 Å². The van der Waals surface area contributed by atoms with Gasteiger partial charge in [-0.1, -0.05) is 59.7 Å². The number of benzene rings is 1. The molecule has 3 N–H and O–H groups in total. The van der Waals surface area contributed by atoms with Crippen molar-refractivity contribution >= 4 is 66.2 Å². The zero-order chi connectivity index (χ0) is 51.5. The number of anilines is 1. The highest BCUT2D eigenvalue weighted by Gasteiger charge is 2.58. The molecule has 0 spiro atoms. The van der Waals surface area contributed by atoms with Crippen LogP contribution < -0.4 is 10.9 Å². The molecule has 10 atom stereocenters. The third kappa shape index (κ3) is 10.8. The van der Waals surface area contributed by atoms with Gasteiger partial charge in [-0.25, -0.2) is 33.5 Å². The molecule has 3 aliphatic heterocycles. The van der Waals surface area contributed by atoms with E-state index in [2.05, 4.69) is 30.2 Å². The minimum Gasteiger partial charge on any atom is -0.408 e. The fourth-order valence-electron chi connectivity index (χ4n) is 7.78. The molecule has 384 valence electrons. The first-order valence-corrected chi connectivity index (χ1v) is 31.5. The van der Waals surface area contributed by atoms with Gasteiger partial charge in [-0.3, -0.25) is 36.8 Å². The highest BCUT2D eigenvalue weighted by atomic mass is 31.2. The van der Waals surface area contributed by atoms with Crippen LogP contribution in [0.4, 0.5) is 10.2 Å². The Morgan fingerprint density at radius 1 is 0.901 bits per heavy atom. The van der Waals surface area contributed by atoms with Crippen molar-refractivity contribution in [1.29, 1.82) is 5.26 Å². The van der Waals surface area contributed by atoms with Gasteiger partial charge in [0.05, 0.1) is 45.0 Å². The second kappa shape index (κ2) is 19.8. The van der Waals surface area contributed by atoms with Crippen molar-refractivity contribution in [2.24, 2.45) is 0 Å². The Morgan fingerprint density at radius 2 is 1.56 bits per heavy atom. The van der Waals surface area contributed by atoms with Gasteiger partial charge in [0.25, 0.3) is 11.5 Å². The zero-order valence-electron chi connectivity index (χ0n) is 40.8. The summed E-state index contributed by atoms with van der Waals surface area (Å²) in [4.78, 5) is 57.8. The standard InChI is InChI=1S/C43H58FN9O14P2Si2/c1-42(2,3)70(7,8)66-32-28-20-60-68(56,57)64-31-27(21-61-69(58,59-18-14-17-45)65-33(32)40(63-28)52-19-26(44)29-36(52)47-23-49-39(29)55)62-41(34(31)67-71(9,10)43(4,5)6)53-24-50-30-35(46-22-48-37(30)53)51-38(54)25-15-12-11-13-16-25/h11-13,15-16,19,22-24,27-28,31-34,40-41H,14,18,20-21H2,1-10H3,(H,56,57)(H,47,49,55)(H,46,48,51,54)/t27-,28-,31-,32-,33-,34-,40-,41-,69?/m1/s1. The number of aromatic nitrogens is 7. The lowest BCUT2D eigenvalue weighted by Gasteiger charge is -2.41. The summed E-state index contributed by atoms with van der Waals surface area (Å²) in [5, 5.41) is 11.0. The normalized spacial score (nSPS) is 29.0. The molecule has 5 aromatic rings. The van der Waals surface area contributed by atoms with Crippen LogP contribution in [0.1, 0.15) is 70.8 Å². The number of rotatable bonds is 11. The molecule has 1 amide bonds. The Balaban J connectivity index is 1.23. The van der Waals surface area contributed by atoms with Gasteiger partial charge in [0.2, 0.25) is 0 Å². The molecule has 28 heteroatoms. The lowest BCUT2D eigenvalue weighted by atomic mass is 10.1. The SMILES string of the molecule is CC(C)(C)[Si](C)(C)O[C@@H]1[C@@H]2OP(=O)(O)OC[C@H]3O[C@@H](n4cc(F)c5c(=O)[nH]cnc54)[C@H](OP(=O)(OCCC#N)OC[C@H]2O[C@H]1n1cnc2c(NC(=O)c4ccccc4)ncnc21)[C@@H]3O[Si](C)(C)C(C)(C)C. The molecule has 3 aliphatic rings. The summed E-state index contributed by atoms with van der Waals surface area (Å²) in [5.41, 5.74) is -0.273. The fraction of sp³-hybridized carbons (Fsp3) is 0.558. The molecule has 2 bridgehead atoms. The largest absolute Gasteiger partial charge is 0.475 e. The summed E-state index contributed by atoms with van der Waals surface area (Å²) in [6.45, 7) is 17.7. The molecule has 23 nitrogen and oxygen atoms in total. The summed E-state index contributed by atoms with van der Waals surface area (Å²) < 4.78 is 106. The minimum atomic E-state index is -5.22. The molecule has 2 unspecified atom stereocenters. The summed E-state index contributed by atoms with van der Waals surface area (Å²) >= 11 is 0. The number of aromatic amines is 1. The Kier molecular flexibility index (Phi) is 14.7. The van der Waals surface area contributed by atoms with Crippen LogP contribution in [-0.4, -0.2) is 118 Å². The highest BCUT2D eigenvalue weighted by molar-refractivity contribution is 7.48. The van der Waals surface area contributed by atoms with Gasteiger partial charge < -0.3 is 38.1 Å². The van der Waals surface area contributed by atoms with E-state index in [0.29, 0.717) is 5.56 Å². The number of ether oxygens (including phenoxy) is 2. The molecule has 7 heterocycles. The summed E-state index contributed by atoms with van der Waals surface area (Å²) in [5.74, 6) is -1.35. The Morgan fingerprint density at radius 3 is 2.24 bits per heavy atom. The number of phosphoric acid groups is 2. The van der Waals surface area contributed by atoms with Crippen molar-refractivity contribution in [2.45, 2.75) is 133 Å². The third-order valence-electron chi connectivity index (χ3n) is 13.6. The first-order valence-electron chi connectivity index (χ1n) is 22.8. The summed E-state index contributed by atoms with van der Waals surface area (Å²) in [6.07, 6.45) is -6.81. The molecule has 0 aliphatic carbocycles. The van der Waals surface area contributed by atoms with Crippen molar-refractivity contribution in [3.05, 3.63) is 77.2 Å². The van der Waals surface area contributed by atoms with Crippen molar-refractivity contribution < 1.29 is 64.2 Å². The van der Waals surface area contributed by atoms with E-state index in [1.165, 1.54) is 17.2 Å². The number of nitrogens with one attached hydrogen (secondary N) is 2. The van der Waals surface area contributed by atoms with Gasteiger partial charge in [-0.15, -0.1) is 0 Å². The number of hydrogen-bond acceptors (Lipinski definition) is 18. The number of halogens is 1. The van der Waals surface area contributed by atoms with Crippen molar-refractivity contribution in [2.75, 3.05) is 25.1 Å². The smallest absolute Gasteiger partial charge is 0.408 e. The number of imidazole rings is 1. The zero-order valence-corrected chi connectivity index (χ0v) is 44.6. The first kappa shape index (κ1) is 52.9. The van der Waals surface area contributed by atoms with Crippen molar-refractivity contribution in [3.63, 3.8) is 0 Å². The Hall–Kier alpha value is -4.43. The maximum Gasteiger partial charge on any atom is 0.475 e. The minimum absolute atomic E-state index is 0.0784. The Bertz CT molecular complexity index is 2980. The van der Waals surface area contributed by atoms with Gasteiger partial charge in [-0.05, 0) is 48.4 Å². The second-order valence-electron chi connectivity index (χ2n) is 20.4. The van der Waals surface area contributed by atoms with Crippen LogP contribution in [0.2, 0.25) is 36.3 Å². The van der Waals surface area contributed by atoms with Crippen LogP contribution in [0.5, 0.6) is 0 Å². The number of phosphoric ester groups is 2. The molecule has 4 aromatic heterocycles. The second-order valence-corrected chi connectivity index (χ2v) is 32.9. The number of amides is 1. The topological polar surface area (TPSA) is 285 Å². The van der Waals surface area contributed by atoms with Crippen LogP contribution in [0.15, 0.2) is 60.3 Å². The van der Waals surface area contributed by atoms with Crippen LogP contribution >= 0.6 is 15.6 Å². The maximum atomic E-state index is 15.7. The Labute approximate surface area is 410 Å². The van der Waals surface area contributed by atoms with E-state index in [4.69, 9.17) is 40.9 Å². The summed E-state index contributed by atoms with van der Waals surface area (Å²) in [6, 6.07) is 10.4. The summed E-state index contributed by atoms with van der Waals surface area (Å²) in [7, 11) is -16.0. The van der Waals surface area contributed by atoms with Gasteiger partial charge in [-0.2, -0.15) is 5.26 Å². The average molecular weight is 1060 g/mol. The molecular formula is C43H58FN9O14P2Si2. The predicted molar refractivity (Wildman–Crippen MR) is 257 cm³/mol. The van der Waals surface area contributed by atoms with E-state index in [0.717, 1.165) is 17.1 Å². The number of H-pyrrole nitrogens is 1. The molecule has 8 rings (SSSR count). The number of nitriles is 1. The van der Waals surface area contributed by atoms with Crippen molar-refractivity contribution in [1.82, 2.24) is 34.1 Å². The van der Waals surface area contributed by atoms with E-state index in [1.807, 2.05) is 73.8 Å². The highest BCUT2D eigenvalue weighted by Crippen LogP contribution is 2.58. The van der Waals surface area contributed by atoms with Crippen LogP contribution in [-0.2, 0) is 50.1 Å². The number of carbonyl (C=O) groups is 1. The van der Waals surface area contributed by atoms with Gasteiger partial charge in [0.15, 0.2) is 57.5 Å². The molecule has 0 radical (unpaired) electrons. The molecule has 3 saturated heterocycles. The van der Waals surface area contributed by atoms with E-state index in [-0.39, 0.29) is 29.0 Å². The van der Waals surface area contributed by atoms with Gasteiger partial charge in [0.1, 0.15) is 48.3 Å². The average Bonchev–Trinajstić information content (AvgIpc) is 4.04. The monoisotopic (exact) mass is 1060 g/mol. The quantitative estimate of drug-likeness (QED) is 0.0656. The predicted octanol–water partition coefficient (Wildman–Crippen LogP) is 7.49. The van der Waals surface area contributed by atoms with Crippen LogP contribution in [0.25, 0.3) is 22.2 Å². The third-order valence-corrected chi connectivity index (χ3v) is 25.0. The number of nitrogens with zero attached hydrogens (tertiary/aromatic N) is 7. The molecule has 71 heavy (non-hydrogen) atoms. The first-order chi connectivity index (χ1) is 33.2. The lowest BCUT2D eigenvalue weighted by Crippen LogP contribution is -2.50. The van der Waals surface area contributed by atoms with Gasteiger partial charge >= 0.3 is 15.6 Å². The van der Waals surface area contributed by atoms with Crippen molar-refractivity contribution in [3.8, 4) is 6.07 Å². The van der Waals surface area contributed by atoms with Crippen LogP contribution in [0, 0.1) is 17.1 Å². The lowest BCUT2D eigenvalue weighted by molar-refractivity contribution is -0.0692. The number of hydrogen-bond donors (Lipinski definition) is 3. The molecule has 1 aromatic carbocycles. The molecule has 0 saturated carbocycles.